The van der Waals surface area contributed by atoms with Crippen molar-refractivity contribution < 1.29 is 27.4 Å². The quantitative estimate of drug-likeness (QED) is 0.258. The zero-order valence-corrected chi connectivity index (χ0v) is 21.0. The number of hydrogen-bond donors (Lipinski definition) is 1. The normalized spacial score (nSPS) is 12.4. The Morgan fingerprint density at radius 3 is 2.50 bits per heavy atom. The minimum atomic E-state index is -4.54. The van der Waals surface area contributed by atoms with Crippen LogP contribution in [0.4, 0.5) is 13.2 Å². The first-order valence-electron chi connectivity index (χ1n) is 11.4. The van der Waals surface area contributed by atoms with E-state index < -0.39 is 23.8 Å². The third-order valence-electron chi connectivity index (χ3n) is 5.98. The number of alkyl halides is 3. The van der Waals surface area contributed by atoms with Crippen LogP contribution in [-0.2, 0) is 6.18 Å². The summed E-state index contributed by atoms with van der Waals surface area (Å²) in [4.78, 5) is 21.0. The zero-order chi connectivity index (χ0) is 27.0. The largest absolute Gasteiger partial charge is 0.484 e. The number of nitrogens with two attached hydrogens (primary N) is 1. The van der Waals surface area contributed by atoms with Crippen LogP contribution in [0.25, 0.3) is 27.2 Å². The summed E-state index contributed by atoms with van der Waals surface area (Å²) in [5, 5.41) is 0.575. The standard InChI is InChI=1S/C27H21F3N4O3S/c1-15(18-5-3-4-6-19(18)27(28,29)30)37-22-12-24(38-25(22)26(31)35)34-14-33-20-11-16(7-9-21(20)34)17-8-10-23(36-2)32-13-17/h3-15H,1-2H3,(H2,31,35)/t15-/m1/s1. The van der Waals surface area contributed by atoms with Gasteiger partial charge in [-0.25, -0.2) is 9.97 Å². The molecule has 0 bridgehead atoms. The number of imidazole rings is 1. The number of carbonyl (C=O) groups excluding carboxylic acids is 1. The van der Waals surface area contributed by atoms with Gasteiger partial charge in [0.25, 0.3) is 5.91 Å². The maximum Gasteiger partial charge on any atom is 0.416 e. The smallest absolute Gasteiger partial charge is 0.416 e. The van der Waals surface area contributed by atoms with Crippen molar-refractivity contribution in [2.45, 2.75) is 19.2 Å². The molecule has 0 saturated heterocycles. The Bertz CT molecular complexity index is 1630. The summed E-state index contributed by atoms with van der Waals surface area (Å²) < 4.78 is 53.3. The van der Waals surface area contributed by atoms with Crippen molar-refractivity contribution >= 4 is 28.3 Å². The molecule has 0 aliphatic rings. The maximum atomic E-state index is 13.5. The number of halogens is 3. The molecule has 38 heavy (non-hydrogen) atoms. The van der Waals surface area contributed by atoms with Gasteiger partial charge in [0.05, 0.1) is 23.7 Å². The fourth-order valence-corrected chi connectivity index (χ4v) is 5.07. The molecule has 0 aliphatic carbocycles. The fourth-order valence-electron chi connectivity index (χ4n) is 4.14. The molecule has 0 spiro atoms. The SMILES string of the molecule is COc1ccc(-c2ccc3c(c2)ncn3-c2cc(O[C@H](C)c3ccccc3C(F)(F)F)c(C(N)=O)s2)cn1. The number of aromatic nitrogens is 3. The lowest BCUT2D eigenvalue weighted by molar-refractivity contribution is -0.139. The van der Waals surface area contributed by atoms with E-state index in [1.54, 1.807) is 36.3 Å². The number of carbonyl (C=O) groups is 1. The fraction of sp³-hybridized carbons (Fsp3) is 0.148. The van der Waals surface area contributed by atoms with Gasteiger partial charge < -0.3 is 15.2 Å². The van der Waals surface area contributed by atoms with Gasteiger partial charge in [0.2, 0.25) is 5.88 Å². The average Bonchev–Trinajstić information content (AvgIpc) is 3.52. The van der Waals surface area contributed by atoms with Crippen LogP contribution in [0.2, 0.25) is 0 Å². The lowest BCUT2D eigenvalue weighted by atomic mass is 10.0. The molecular weight excluding hydrogens is 517 g/mol. The van der Waals surface area contributed by atoms with Crippen LogP contribution in [0.15, 0.2) is 73.2 Å². The highest BCUT2D eigenvalue weighted by Gasteiger charge is 2.35. The highest BCUT2D eigenvalue weighted by molar-refractivity contribution is 7.16. The van der Waals surface area contributed by atoms with E-state index in [1.807, 2.05) is 24.3 Å². The highest BCUT2D eigenvalue weighted by atomic mass is 32.1. The van der Waals surface area contributed by atoms with Gasteiger partial charge in [0.15, 0.2) is 0 Å². The number of pyridine rings is 1. The number of methoxy groups -OCH3 is 1. The predicted molar refractivity (Wildman–Crippen MR) is 138 cm³/mol. The van der Waals surface area contributed by atoms with Crippen LogP contribution in [0.5, 0.6) is 11.6 Å². The van der Waals surface area contributed by atoms with Crippen LogP contribution in [0.3, 0.4) is 0 Å². The monoisotopic (exact) mass is 538 g/mol. The molecule has 194 valence electrons. The molecule has 5 aromatic rings. The molecule has 0 saturated carbocycles. The van der Waals surface area contributed by atoms with Gasteiger partial charge in [-0.3, -0.25) is 9.36 Å². The minimum absolute atomic E-state index is 0.0446. The van der Waals surface area contributed by atoms with Gasteiger partial charge in [-0.1, -0.05) is 24.3 Å². The molecule has 5 rings (SSSR count). The third-order valence-corrected chi connectivity index (χ3v) is 7.11. The van der Waals surface area contributed by atoms with E-state index in [0.717, 1.165) is 34.0 Å². The van der Waals surface area contributed by atoms with Crippen molar-refractivity contribution in [2.24, 2.45) is 5.73 Å². The first kappa shape index (κ1) is 25.3. The second-order valence-corrected chi connectivity index (χ2v) is 9.43. The summed E-state index contributed by atoms with van der Waals surface area (Å²) in [6.45, 7) is 1.49. The van der Waals surface area contributed by atoms with Gasteiger partial charge >= 0.3 is 6.18 Å². The molecule has 2 aromatic carbocycles. The van der Waals surface area contributed by atoms with Crippen molar-refractivity contribution in [2.75, 3.05) is 7.11 Å². The van der Waals surface area contributed by atoms with E-state index in [-0.39, 0.29) is 16.2 Å². The summed E-state index contributed by atoms with van der Waals surface area (Å²) in [6.07, 6.45) is -2.23. The molecule has 1 amide bonds. The van der Waals surface area contributed by atoms with E-state index in [0.29, 0.717) is 16.4 Å². The van der Waals surface area contributed by atoms with Gasteiger partial charge in [-0.15, -0.1) is 11.3 Å². The summed E-state index contributed by atoms with van der Waals surface area (Å²) in [5.74, 6) is -0.132. The van der Waals surface area contributed by atoms with E-state index in [2.05, 4.69) is 9.97 Å². The van der Waals surface area contributed by atoms with Crippen LogP contribution in [0, 0.1) is 0 Å². The highest BCUT2D eigenvalue weighted by Crippen LogP contribution is 2.39. The van der Waals surface area contributed by atoms with Crippen LogP contribution in [0.1, 0.15) is 33.8 Å². The Morgan fingerprint density at radius 1 is 1.05 bits per heavy atom. The average molecular weight is 539 g/mol. The summed E-state index contributed by atoms with van der Waals surface area (Å²) in [5.41, 5.74) is 7.99. The summed E-state index contributed by atoms with van der Waals surface area (Å²) in [7, 11) is 1.55. The van der Waals surface area contributed by atoms with Crippen molar-refractivity contribution in [3.63, 3.8) is 0 Å². The molecular formula is C27H21F3N4O3S. The second-order valence-electron chi connectivity index (χ2n) is 8.39. The van der Waals surface area contributed by atoms with Crippen LogP contribution >= 0.6 is 11.3 Å². The first-order valence-corrected chi connectivity index (χ1v) is 12.2. The zero-order valence-electron chi connectivity index (χ0n) is 20.2. The summed E-state index contributed by atoms with van der Waals surface area (Å²) >= 11 is 1.07. The van der Waals surface area contributed by atoms with Crippen molar-refractivity contribution in [1.29, 1.82) is 0 Å². The predicted octanol–water partition coefficient (Wildman–Crippen LogP) is 6.42. The maximum absolute atomic E-state index is 13.5. The van der Waals surface area contributed by atoms with E-state index >= 15 is 0 Å². The van der Waals surface area contributed by atoms with Crippen molar-refractivity contribution in [3.8, 4) is 27.8 Å². The lowest BCUT2D eigenvalue weighted by Gasteiger charge is -2.19. The Balaban J connectivity index is 1.48. The number of thiophene rings is 1. The molecule has 3 heterocycles. The summed E-state index contributed by atoms with van der Waals surface area (Å²) in [6, 6.07) is 16.1. The molecule has 11 heteroatoms. The number of fused-ring (bicyclic) bond motifs is 1. The molecule has 1 atom stereocenters. The number of primary amides is 1. The number of hydrogen-bond acceptors (Lipinski definition) is 6. The lowest BCUT2D eigenvalue weighted by Crippen LogP contribution is -2.15. The van der Waals surface area contributed by atoms with E-state index in [4.69, 9.17) is 15.2 Å². The third kappa shape index (κ3) is 4.80. The molecule has 0 unspecified atom stereocenters. The molecule has 0 radical (unpaired) electrons. The minimum Gasteiger partial charge on any atom is -0.484 e. The van der Waals surface area contributed by atoms with Crippen molar-refractivity contribution in [1.82, 2.24) is 14.5 Å². The topological polar surface area (TPSA) is 92.3 Å². The molecule has 2 N–H and O–H groups in total. The Hall–Kier alpha value is -4.38. The van der Waals surface area contributed by atoms with E-state index in [1.165, 1.54) is 25.1 Å². The molecule has 0 fully saturated rings. The van der Waals surface area contributed by atoms with Gasteiger partial charge in [0.1, 0.15) is 28.1 Å². The number of nitrogens with zero attached hydrogens (tertiary/aromatic N) is 3. The van der Waals surface area contributed by atoms with E-state index in [9.17, 15) is 18.0 Å². The van der Waals surface area contributed by atoms with Gasteiger partial charge in [0, 0.05) is 29.5 Å². The van der Waals surface area contributed by atoms with Crippen LogP contribution < -0.4 is 15.2 Å². The second kappa shape index (κ2) is 9.82. The Morgan fingerprint density at radius 2 is 1.82 bits per heavy atom. The molecule has 0 aliphatic heterocycles. The van der Waals surface area contributed by atoms with Gasteiger partial charge in [-0.2, -0.15) is 13.2 Å². The Labute approximate surface area is 219 Å². The van der Waals surface area contributed by atoms with Crippen LogP contribution in [-0.4, -0.2) is 27.6 Å². The molecule has 7 nitrogen and oxygen atoms in total. The number of benzene rings is 2. The first-order chi connectivity index (χ1) is 18.2. The molecule has 3 aromatic heterocycles. The Kier molecular flexibility index (Phi) is 6.53. The number of amides is 1. The van der Waals surface area contributed by atoms with Crippen molar-refractivity contribution in [3.05, 3.63) is 89.2 Å². The number of rotatable bonds is 7. The van der Waals surface area contributed by atoms with Gasteiger partial charge in [-0.05, 0) is 36.8 Å². The number of ether oxygens (including phenoxy) is 2.